The first-order valence-corrected chi connectivity index (χ1v) is 9.90. The molecule has 26 heavy (non-hydrogen) atoms. The molecule has 1 heterocycles. The van der Waals surface area contributed by atoms with Crippen LogP contribution in [0.3, 0.4) is 0 Å². The van der Waals surface area contributed by atoms with Gasteiger partial charge in [0.15, 0.2) is 0 Å². The summed E-state index contributed by atoms with van der Waals surface area (Å²) in [6, 6.07) is 26.8. The van der Waals surface area contributed by atoms with Gasteiger partial charge in [0.05, 0.1) is 11.0 Å². The van der Waals surface area contributed by atoms with Crippen LogP contribution < -0.4 is 0 Å². The van der Waals surface area contributed by atoms with Gasteiger partial charge >= 0.3 is 0 Å². The van der Waals surface area contributed by atoms with Crippen LogP contribution in [0, 0.1) is 5.92 Å². The Morgan fingerprint density at radius 2 is 1.19 bits per heavy atom. The molecule has 1 fully saturated rings. The fourth-order valence-corrected chi connectivity index (χ4v) is 4.69. The number of hydrogen-bond donors (Lipinski definition) is 0. The summed E-state index contributed by atoms with van der Waals surface area (Å²) in [5, 5.41) is 2.65. The third-order valence-electron chi connectivity index (χ3n) is 6.22. The predicted octanol–water partition coefficient (Wildman–Crippen LogP) is 7.08. The van der Waals surface area contributed by atoms with E-state index in [9.17, 15) is 0 Å². The molecule has 1 nitrogen and oxygen atoms in total. The van der Waals surface area contributed by atoms with E-state index in [-0.39, 0.29) is 0 Å². The van der Waals surface area contributed by atoms with Crippen LogP contribution in [0.1, 0.15) is 44.1 Å². The molecular weight excluding hydrogens is 314 g/mol. The van der Waals surface area contributed by atoms with Gasteiger partial charge in [0.25, 0.3) is 0 Å². The van der Waals surface area contributed by atoms with Crippen molar-refractivity contribution in [2.24, 2.45) is 5.92 Å². The Balaban J connectivity index is 1.59. The number of para-hydroxylation sites is 2. The molecule has 0 unspecified atom stereocenters. The molecular formula is C25H25N. The first-order chi connectivity index (χ1) is 12.8. The first-order valence-electron chi connectivity index (χ1n) is 9.90. The van der Waals surface area contributed by atoms with Gasteiger partial charge in [-0.1, -0.05) is 68.3 Å². The maximum atomic E-state index is 2.40. The third-order valence-corrected chi connectivity index (χ3v) is 6.22. The molecule has 1 heteroatoms. The van der Waals surface area contributed by atoms with E-state index >= 15 is 0 Å². The fourth-order valence-electron chi connectivity index (χ4n) is 4.69. The number of nitrogens with zero attached hydrogens (tertiary/aromatic N) is 1. The van der Waals surface area contributed by atoms with Gasteiger partial charge in [-0.3, -0.25) is 0 Å². The summed E-state index contributed by atoms with van der Waals surface area (Å²) < 4.78 is 2.40. The van der Waals surface area contributed by atoms with Gasteiger partial charge in [-0.2, -0.15) is 0 Å². The first kappa shape index (κ1) is 15.7. The molecule has 130 valence electrons. The molecule has 4 aromatic rings. The van der Waals surface area contributed by atoms with Crippen LogP contribution >= 0.6 is 0 Å². The molecule has 1 aliphatic rings. The Morgan fingerprint density at radius 3 is 1.77 bits per heavy atom. The van der Waals surface area contributed by atoms with Crippen LogP contribution in [0.25, 0.3) is 27.5 Å². The van der Waals surface area contributed by atoms with Crippen molar-refractivity contribution in [3.05, 3.63) is 78.4 Å². The van der Waals surface area contributed by atoms with Gasteiger partial charge in [-0.05, 0) is 54.5 Å². The second-order valence-corrected chi connectivity index (χ2v) is 7.92. The van der Waals surface area contributed by atoms with Crippen molar-refractivity contribution in [3.63, 3.8) is 0 Å². The van der Waals surface area contributed by atoms with E-state index < -0.39 is 0 Å². The van der Waals surface area contributed by atoms with Crippen LogP contribution in [0.5, 0.6) is 0 Å². The average Bonchev–Trinajstić information content (AvgIpc) is 3.03. The molecule has 0 bridgehead atoms. The Hall–Kier alpha value is -2.54. The third kappa shape index (κ3) is 2.54. The minimum Gasteiger partial charge on any atom is -0.309 e. The van der Waals surface area contributed by atoms with Crippen LogP contribution in [-0.4, -0.2) is 4.57 Å². The SMILES string of the molecule is CC1CCC(c2ccc(-n3c4ccccc4c4ccccc43)cc2)CC1. The Kier molecular flexibility index (Phi) is 3.81. The molecule has 0 amide bonds. The molecule has 0 saturated heterocycles. The summed E-state index contributed by atoms with van der Waals surface area (Å²) >= 11 is 0. The van der Waals surface area contributed by atoms with Crippen molar-refractivity contribution in [2.45, 2.75) is 38.5 Å². The molecule has 1 aliphatic carbocycles. The van der Waals surface area contributed by atoms with E-state index in [0.717, 1.165) is 11.8 Å². The normalized spacial score (nSPS) is 20.7. The summed E-state index contributed by atoms with van der Waals surface area (Å²) in [5.74, 6) is 1.65. The summed E-state index contributed by atoms with van der Waals surface area (Å²) in [6.07, 6.45) is 5.43. The van der Waals surface area contributed by atoms with E-state index in [1.54, 1.807) is 0 Å². The molecule has 1 aromatic heterocycles. The number of fused-ring (bicyclic) bond motifs is 3. The largest absolute Gasteiger partial charge is 0.309 e. The Morgan fingerprint density at radius 1 is 0.654 bits per heavy atom. The van der Waals surface area contributed by atoms with Crippen molar-refractivity contribution < 1.29 is 0 Å². The lowest BCUT2D eigenvalue weighted by Gasteiger charge is -2.26. The lowest BCUT2D eigenvalue weighted by molar-refractivity contribution is 0.348. The van der Waals surface area contributed by atoms with Crippen molar-refractivity contribution >= 4 is 21.8 Å². The smallest absolute Gasteiger partial charge is 0.0541 e. The van der Waals surface area contributed by atoms with Gasteiger partial charge < -0.3 is 4.57 Å². The molecule has 0 atom stereocenters. The van der Waals surface area contributed by atoms with Crippen molar-refractivity contribution in [1.82, 2.24) is 4.57 Å². The topological polar surface area (TPSA) is 4.93 Å². The highest BCUT2D eigenvalue weighted by molar-refractivity contribution is 6.09. The number of hydrogen-bond acceptors (Lipinski definition) is 0. The second-order valence-electron chi connectivity index (χ2n) is 7.92. The maximum Gasteiger partial charge on any atom is 0.0541 e. The number of aromatic nitrogens is 1. The monoisotopic (exact) mass is 339 g/mol. The highest BCUT2D eigenvalue weighted by Crippen LogP contribution is 2.36. The van der Waals surface area contributed by atoms with Gasteiger partial charge in [0.2, 0.25) is 0 Å². The molecule has 0 N–H and O–H groups in total. The molecule has 5 rings (SSSR count). The minimum atomic E-state index is 0.749. The number of benzene rings is 3. The lowest BCUT2D eigenvalue weighted by atomic mass is 9.79. The lowest BCUT2D eigenvalue weighted by Crippen LogP contribution is -2.10. The van der Waals surface area contributed by atoms with Crippen LogP contribution in [0.2, 0.25) is 0 Å². The highest BCUT2D eigenvalue weighted by atomic mass is 15.0. The molecule has 0 spiro atoms. The van der Waals surface area contributed by atoms with E-state index in [0.29, 0.717) is 0 Å². The summed E-state index contributed by atoms with van der Waals surface area (Å²) in [7, 11) is 0. The van der Waals surface area contributed by atoms with E-state index in [2.05, 4.69) is 84.3 Å². The van der Waals surface area contributed by atoms with E-state index in [1.807, 2.05) is 0 Å². The quantitative estimate of drug-likeness (QED) is 0.368. The fraction of sp³-hybridized carbons (Fsp3) is 0.280. The zero-order valence-corrected chi connectivity index (χ0v) is 15.4. The maximum absolute atomic E-state index is 2.40. The zero-order valence-electron chi connectivity index (χ0n) is 15.4. The molecule has 0 radical (unpaired) electrons. The van der Waals surface area contributed by atoms with E-state index in [4.69, 9.17) is 0 Å². The summed E-state index contributed by atoms with van der Waals surface area (Å²) in [5.41, 5.74) is 5.35. The highest BCUT2D eigenvalue weighted by Gasteiger charge is 2.20. The van der Waals surface area contributed by atoms with Crippen molar-refractivity contribution in [1.29, 1.82) is 0 Å². The van der Waals surface area contributed by atoms with Gasteiger partial charge in [-0.15, -0.1) is 0 Å². The van der Waals surface area contributed by atoms with Crippen molar-refractivity contribution in [3.8, 4) is 5.69 Å². The van der Waals surface area contributed by atoms with E-state index in [1.165, 1.54) is 58.7 Å². The van der Waals surface area contributed by atoms with Gasteiger partial charge in [0, 0.05) is 16.5 Å². The Labute approximate surface area is 155 Å². The van der Waals surface area contributed by atoms with Crippen LogP contribution in [-0.2, 0) is 0 Å². The Bertz CT molecular complexity index is 993. The summed E-state index contributed by atoms with van der Waals surface area (Å²) in [6.45, 7) is 2.39. The van der Waals surface area contributed by atoms with Gasteiger partial charge in [-0.25, -0.2) is 0 Å². The zero-order chi connectivity index (χ0) is 17.5. The van der Waals surface area contributed by atoms with Crippen molar-refractivity contribution in [2.75, 3.05) is 0 Å². The molecule has 0 aliphatic heterocycles. The van der Waals surface area contributed by atoms with Crippen LogP contribution in [0.15, 0.2) is 72.8 Å². The average molecular weight is 339 g/mol. The van der Waals surface area contributed by atoms with Crippen LogP contribution in [0.4, 0.5) is 0 Å². The van der Waals surface area contributed by atoms with Gasteiger partial charge in [0.1, 0.15) is 0 Å². The molecule has 1 saturated carbocycles. The second kappa shape index (κ2) is 6.32. The molecule has 3 aromatic carbocycles. The summed E-state index contributed by atoms with van der Waals surface area (Å²) in [4.78, 5) is 0. The number of rotatable bonds is 2. The predicted molar refractivity (Wildman–Crippen MR) is 111 cm³/mol. The minimum absolute atomic E-state index is 0.749. The standard InChI is InChI=1S/C25H25N/c1-18-10-12-19(13-11-18)20-14-16-21(17-15-20)26-24-8-4-2-6-22(24)23-7-3-5-9-25(23)26/h2-9,14-19H,10-13H2,1H3.